The molecule has 8 nitrogen and oxygen atoms in total. The van der Waals surface area contributed by atoms with Gasteiger partial charge >= 0.3 is 0 Å². The largest absolute Gasteiger partial charge is 0.368 e. The number of likely N-dealkylation sites (N-methyl/N-ethyl adjacent to an activating group) is 1. The zero-order chi connectivity index (χ0) is 22.4. The van der Waals surface area contributed by atoms with Gasteiger partial charge < -0.3 is 21.3 Å². The molecule has 1 saturated heterocycles. The van der Waals surface area contributed by atoms with Gasteiger partial charge in [0, 0.05) is 22.4 Å². The van der Waals surface area contributed by atoms with Crippen LogP contribution in [-0.2, 0) is 19.8 Å². The molecule has 1 aliphatic carbocycles. The topological polar surface area (TPSA) is 117 Å². The average molecular weight is 425 g/mol. The quantitative estimate of drug-likeness (QED) is 0.650. The molecule has 0 aromatic carbocycles. The Morgan fingerprint density at radius 1 is 1.48 bits per heavy atom. The molecule has 3 heterocycles. The predicted octanol–water partition coefficient (Wildman–Crippen LogP) is 0.948. The summed E-state index contributed by atoms with van der Waals surface area (Å²) in [6.45, 7) is -2.56. The van der Waals surface area contributed by atoms with Gasteiger partial charge in [-0.25, -0.2) is 4.98 Å². The van der Waals surface area contributed by atoms with Gasteiger partial charge in [-0.3, -0.25) is 14.4 Å². The molecule has 3 aliphatic rings. The Hall–Kier alpha value is -2.19. The third-order valence-corrected chi connectivity index (χ3v) is 6.48. The van der Waals surface area contributed by atoms with E-state index in [4.69, 9.17) is 9.85 Å². The molecule has 1 spiro atoms. The van der Waals surface area contributed by atoms with Gasteiger partial charge in [0.05, 0.1) is 11.5 Å². The van der Waals surface area contributed by atoms with Crippen molar-refractivity contribution in [2.45, 2.75) is 56.0 Å². The van der Waals surface area contributed by atoms with Crippen LogP contribution in [0, 0.1) is 5.92 Å². The summed E-state index contributed by atoms with van der Waals surface area (Å²) in [7, 11) is 0. The van der Waals surface area contributed by atoms with Crippen LogP contribution in [0.5, 0.6) is 0 Å². The number of amides is 3. The van der Waals surface area contributed by atoms with Crippen molar-refractivity contribution in [1.82, 2.24) is 15.2 Å². The number of halogens is 1. The number of rotatable bonds is 5. The van der Waals surface area contributed by atoms with E-state index in [1.807, 2.05) is 0 Å². The zero-order valence-electron chi connectivity index (χ0n) is 19.0. The van der Waals surface area contributed by atoms with Crippen molar-refractivity contribution in [2.75, 3.05) is 18.8 Å². The molecule has 1 saturated carbocycles. The SMILES string of the molecule is Cl.[2H]C([2H])([2H])N[C@@H](CC1CCCC1)C(=O)N1CC2(CC1C(N)=O)C(=O)Nc1ncccc12. The summed E-state index contributed by atoms with van der Waals surface area (Å²) in [6, 6.07) is 1.46. The highest BCUT2D eigenvalue weighted by molar-refractivity contribution is 6.07. The fraction of sp³-hybridized carbons (Fsp3) is 0.600. The fourth-order valence-electron chi connectivity index (χ4n) is 4.99. The van der Waals surface area contributed by atoms with Gasteiger partial charge in [-0.1, -0.05) is 31.7 Å². The van der Waals surface area contributed by atoms with Crippen LogP contribution in [0.15, 0.2) is 18.3 Å². The minimum atomic E-state index is -2.51. The van der Waals surface area contributed by atoms with Crippen LogP contribution >= 0.6 is 12.4 Å². The Bertz CT molecular complexity index is 909. The highest BCUT2D eigenvalue weighted by Gasteiger charge is 2.58. The van der Waals surface area contributed by atoms with E-state index in [2.05, 4.69) is 15.6 Å². The number of nitrogens with one attached hydrogen (secondary N) is 2. The molecule has 2 fully saturated rings. The molecular weight excluding hydrogens is 394 g/mol. The number of fused-ring (bicyclic) bond motifs is 2. The van der Waals surface area contributed by atoms with Crippen molar-refractivity contribution in [3.05, 3.63) is 23.9 Å². The first-order valence-electron chi connectivity index (χ1n) is 11.3. The van der Waals surface area contributed by atoms with Crippen LogP contribution in [-0.4, -0.2) is 53.2 Å². The van der Waals surface area contributed by atoms with Gasteiger partial charge in [-0.15, -0.1) is 12.4 Å². The van der Waals surface area contributed by atoms with Gasteiger partial charge in [0.25, 0.3) is 0 Å². The summed E-state index contributed by atoms with van der Waals surface area (Å²) in [5.74, 6) is -0.906. The van der Waals surface area contributed by atoms with Crippen LogP contribution < -0.4 is 16.4 Å². The predicted molar refractivity (Wildman–Crippen MR) is 111 cm³/mol. The van der Waals surface area contributed by atoms with E-state index in [0.717, 1.165) is 25.7 Å². The molecule has 4 rings (SSSR count). The first-order valence-corrected chi connectivity index (χ1v) is 9.75. The molecular formula is C20H28ClN5O3. The lowest BCUT2D eigenvalue weighted by Gasteiger charge is -2.29. The van der Waals surface area contributed by atoms with Gasteiger partial charge in [-0.2, -0.15) is 0 Å². The number of likely N-dealkylation sites (tertiary alicyclic amines) is 1. The standard InChI is InChI=1S/C20H27N5O3.ClH/c1-22-14(9-12-5-2-3-6-12)18(27)25-11-20(10-15(25)16(21)26)13-7-4-8-23-17(13)24-19(20)28;/h4,7-8,12,14-15,22H,2-3,5-6,9-11H2,1H3,(H2,21,26)(H,23,24,28);1H/t14-,15?,20?;/m0./s1/i1D3;. The highest BCUT2D eigenvalue weighted by atomic mass is 35.5. The highest BCUT2D eigenvalue weighted by Crippen LogP contribution is 2.45. The van der Waals surface area contributed by atoms with E-state index in [0.29, 0.717) is 17.8 Å². The molecule has 2 aliphatic heterocycles. The van der Waals surface area contributed by atoms with Crippen LogP contribution in [0.4, 0.5) is 5.82 Å². The number of hydrogen-bond donors (Lipinski definition) is 3. The summed E-state index contributed by atoms with van der Waals surface area (Å²) >= 11 is 0. The number of nitrogens with zero attached hydrogens (tertiary/aromatic N) is 2. The van der Waals surface area contributed by atoms with Crippen LogP contribution in [0.3, 0.4) is 0 Å². The summed E-state index contributed by atoms with van der Waals surface area (Å²) in [6.07, 6.45) is 5.97. The lowest BCUT2D eigenvalue weighted by atomic mass is 9.80. The van der Waals surface area contributed by atoms with Gasteiger partial charge in [0.15, 0.2) is 0 Å². The lowest BCUT2D eigenvalue weighted by molar-refractivity contribution is -0.139. The molecule has 158 valence electrons. The summed E-state index contributed by atoms with van der Waals surface area (Å²) in [4.78, 5) is 44.2. The van der Waals surface area contributed by atoms with Crippen molar-refractivity contribution < 1.29 is 18.5 Å². The molecule has 0 bridgehead atoms. The Balaban J connectivity index is 0.00000289. The van der Waals surface area contributed by atoms with Crippen LogP contribution in [0.1, 0.15) is 48.2 Å². The van der Waals surface area contributed by atoms with E-state index >= 15 is 0 Å². The van der Waals surface area contributed by atoms with Crippen molar-refractivity contribution in [3.63, 3.8) is 0 Å². The number of aromatic nitrogens is 1. The molecule has 0 radical (unpaired) electrons. The maximum absolute atomic E-state index is 13.5. The number of nitrogens with two attached hydrogens (primary N) is 1. The first kappa shape index (κ1) is 17.7. The molecule has 1 aromatic rings. The van der Waals surface area contributed by atoms with E-state index in [9.17, 15) is 14.4 Å². The minimum absolute atomic E-state index is 0. The fourth-order valence-corrected chi connectivity index (χ4v) is 4.99. The molecule has 9 heteroatoms. The molecule has 2 unspecified atom stereocenters. The number of hydrogen-bond acceptors (Lipinski definition) is 5. The van der Waals surface area contributed by atoms with Crippen molar-refractivity contribution in [2.24, 2.45) is 11.7 Å². The molecule has 3 amide bonds. The Kier molecular flexibility index (Phi) is 5.04. The van der Waals surface area contributed by atoms with Gasteiger partial charge in [0.1, 0.15) is 11.9 Å². The van der Waals surface area contributed by atoms with Crippen molar-refractivity contribution >= 4 is 35.9 Å². The maximum Gasteiger partial charge on any atom is 0.240 e. The number of carbonyl (C=O) groups is 3. The third-order valence-electron chi connectivity index (χ3n) is 6.48. The number of carbonyl (C=O) groups excluding carboxylic acids is 3. The summed E-state index contributed by atoms with van der Waals surface area (Å²) in [5, 5.41) is 5.20. The monoisotopic (exact) mass is 424 g/mol. The Morgan fingerprint density at radius 2 is 2.24 bits per heavy atom. The molecule has 3 atom stereocenters. The lowest BCUT2D eigenvalue weighted by Crippen LogP contribution is -2.51. The zero-order valence-corrected chi connectivity index (χ0v) is 16.8. The first-order chi connectivity index (χ1) is 14.6. The maximum atomic E-state index is 13.5. The molecule has 29 heavy (non-hydrogen) atoms. The van der Waals surface area contributed by atoms with Gasteiger partial charge in [0.2, 0.25) is 17.7 Å². The number of pyridine rings is 1. The molecule has 4 N–H and O–H groups in total. The van der Waals surface area contributed by atoms with E-state index in [-0.39, 0.29) is 37.2 Å². The Labute approximate surface area is 180 Å². The van der Waals surface area contributed by atoms with Gasteiger partial charge in [-0.05, 0) is 31.8 Å². The van der Waals surface area contributed by atoms with Crippen molar-refractivity contribution in [1.29, 1.82) is 0 Å². The van der Waals surface area contributed by atoms with E-state index < -0.39 is 36.3 Å². The van der Waals surface area contributed by atoms with Crippen molar-refractivity contribution in [3.8, 4) is 0 Å². The van der Waals surface area contributed by atoms with E-state index in [1.54, 1.807) is 18.3 Å². The van der Waals surface area contributed by atoms with Crippen LogP contribution in [0.2, 0.25) is 0 Å². The van der Waals surface area contributed by atoms with Crippen LogP contribution in [0.25, 0.3) is 0 Å². The smallest absolute Gasteiger partial charge is 0.240 e. The average Bonchev–Trinajstić information content (AvgIpc) is 3.40. The third kappa shape index (κ3) is 3.59. The second-order valence-corrected chi connectivity index (χ2v) is 8.11. The Morgan fingerprint density at radius 3 is 2.93 bits per heavy atom. The molecule has 1 aromatic heterocycles. The minimum Gasteiger partial charge on any atom is -0.368 e. The normalized spacial score (nSPS) is 28.8. The second kappa shape index (κ2) is 8.28. The summed E-state index contributed by atoms with van der Waals surface area (Å²) in [5.41, 5.74) is 5.12. The number of anilines is 1. The summed E-state index contributed by atoms with van der Waals surface area (Å²) < 4.78 is 22.8. The second-order valence-electron chi connectivity index (χ2n) is 8.11. The van der Waals surface area contributed by atoms with E-state index in [1.165, 1.54) is 4.90 Å². The number of primary amides is 1.